The predicted molar refractivity (Wildman–Crippen MR) is 56.6 cm³/mol. The molecule has 4 heteroatoms. The minimum Gasteiger partial charge on any atom is -0.339 e. The van der Waals surface area contributed by atoms with Gasteiger partial charge in [-0.1, -0.05) is 6.92 Å². The summed E-state index contributed by atoms with van der Waals surface area (Å²) >= 11 is 0. The van der Waals surface area contributed by atoms with Crippen LogP contribution in [0.1, 0.15) is 26.2 Å². The minimum absolute atomic E-state index is 0.251. The first-order valence-electron chi connectivity index (χ1n) is 5.42. The molecule has 1 fully saturated rings. The fourth-order valence-corrected chi connectivity index (χ4v) is 2.09. The van der Waals surface area contributed by atoms with Crippen LogP contribution in [-0.2, 0) is 4.79 Å². The number of rotatable bonds is 5. The second-order valence-electron chi connectivity index (χ2n) is 3.99. The van der Waals surface area contributed by atoms with E-state index in [0.717, 1.165) is 19.4 Å². The Morgan fingerprint density at radius 3 is 2.71 bits per heavy atom. The minimum atomic E-state index is 0.251. The third-order valence-corrected chi connectivity index (χ3v) is 2.98. The number of hydrogen-bond donors (Lipinski definition) is 2. The zero-order chi connectivity index (χ0) is 10.6. The van der Waals surface area contributed by atoms with Crippen molar-refractivity contribution in [2.45, 2.75) is 32.2 Å². The number of carbonyl (C=O) groups excluding carboxylic acids is 1. The molecule has 1 rings (SSSR count). The molecule has 1 heterocycles. The quantitative estimate of drug-likeness (QED) is 0.650. The zero-order valence-electron chi connectivity index (χ0n) is 8.91. The van der Waals surface area contributed by atoms with Gasteiger partial charge in [-0.05, 0) is 31.8 Å². The lowest BCUT2D eigenvalue weighted by atomic mass is 10.1. The predicted octanol–water partition coefficient (Wildman–Crippen LogP) is -0.0790. The molecule has 2 atom stereocenters. The molecule has 1 saturated heterocycles. The van der Waals surface area contributed by atoms with Crippen molar-refractivity contribution in [2.75, 3.05) is 19.6 Å². The molecule has 1 aliphatic rings. The SMILES string of the molecule is CCC(CCN)N1CC(CN)CC1=O. The van der Waals surface area contributed by atoms with Crippen molar-refractivity contribution in [3.63, 3.8) is 0 Å². The van der Waals surface area contributed by atoms with E-state index in [2.05, 4.69) is 6.92 Å². The molecule has 4 nitrogen and oxygen atoms in total. The van der Waals surface area contributed by atoms with E-state index in [1.807, 2.05) is 4.90 Å². The second kappa shape index (κ2) is 5.32. The van der Waals surface area contributed by atoms with E-state index in [1.54, 1.807) is 0 Å². The van der Waals surface area contributed by atoms with Gasteiger partial charge in [0.1, 0.15) is 0 Å². The molecular formula is C10H21N3O. The summed E-state index contributed by atoms with van der Waals surface area (Å²) in [6.45, 7) is 4.19. The highest BCUT2D eigenvalue weighted by molar-refractivity contribution is 5.79. The average Bonchev–Trinajstić information content (AvgIpc) is 2.56. The molecule has 4 N–H and O–H groups in total. The van der Waals surface area contributed by atoms with E-state index >= 15 is 0 Å². The Kier molecular flexibility index (Phi) is 4.35. The van der Waals surface area contributed by atoms with Crippen LogP contribution in [0.25, 0.3) is 0 Å². The molecule has 0 aromatic carbocycles. The third kappa shape index (κ3) is 2.45. The Bertz CT molecular complexity index is 196. The number of hydrogen-bond acceptors (Lipinski definition) is 3. The van der Waals surface area contributed by atoms with Gasteiger partial charge in [-0.25, -0.2) is 0 Å². The summed E-state index contributed by atoms with van der Waals surface area (Å²) in [6, 6.07) is 0.323. The van der Waals surface area contributed by atoms with Crippen molar-refractivity contribution in [3.8, 4) is 0 Å². The van der Waals surface area contributed by atoms with Gasteiger partial charge in [-0.3, -0.25) is 4.79 Å². The van der Waals surface area contributed by atoms with Crippen LogP contribution in [0, 0.1) is 5.92 Å². The van der Waals surface area contributed by atoms with E-state index in [1.165, 1.54) is 0 Å². The Labute approximate surface area is 85.6 Å². The number of nitrogens with zero attached hydrogens (tertiary/aromatic N) is 1. The number of likely N-dealkylation sites (tertiary alicyclic amines) is 1. The first kappa shape index (κ1) is 11.5. The van der Waals surface area contributed by atoms with Crippen LogP contribution in [0.5, 0.6) is 0 Å². The summed E-state index contributed by atoms with van der Waals surface area (Å²) in [7, 11) is 0. The molecule has 0 spiro atoms. The van der Waals surface area contributed by atoms with E-state index in [-0.39, 0.29) is 5.91 Å². The Morgan fingerprint density at radius 1 is 1.57 bits per heavy atom. The van der Waals surface area contributed by atoms with Gasteiger partial charge in [0.15, 0.2) is 0 Å². The van der Waals surface area contributed by atoms with Gasteiger partial charge < -0.3 is 16.4 Å². The highest BCUT2D eigenvalue weighted by Gasteiger charge is 2.32. The summed E-state index contributed by atoms with van der Waals surface area (Å²) < 4.78 is 0. The van der Waals surface area contributed by atoms with Crippen LogP contribution in [0.4, 0.5) is 0 Å². The summed E-state index contributed by atoms with van der Waals surface area (Å²) in [6.07, 6.45) is 2.51. The van der Waals surface area contributed by atoms with Crippen LogP contribution in [-0.4, -0.2) is 36.5 Å². The smallest absolute Gasteiger partial charge is 0.223 e. The molecule has 0 aromatic rings. The maximum atomic E-state index is 11.6. The maximum absolute atomic E-state index is 11.6. The van der Waals surface area contributed by atoms with Crippen molar-refractivity contribution in [1.29, 1.82) is 0 Å². The van der Waals surface area contributed by atoms with Crippen LogP contribution >= 0.6 is 0 Å². The van der Waals surface area contributed by atoms with Crippen molar-refractivity contribution in [3.05, 3.63) is 0 Å². The van der Waals surface area contributed by atoms with Gasteiger partial charge in [0, 0.05) is 19.0 Å². The summed E-state index contributed by atoms with van der Waals surface area (Å²) in [5, 5.41) is 0. The van der Waals surface area contributed by atoms with Crippen molar-refractivity contribution >= 4 is 5.91 Å². The summed E-state index contributed by atoms with van der Waals surface area (Å²) in [5.74, 6) is 0.607. The normalized spacial score (nSPS) is 24.4. The molecule has 0 radical (unpaired) electrons. The number of carbonyl (C=O) groups is 1. The molecule has 0 saturated carbocycles. The Balaban J connectivity index is 2.53. The van der Waals surface area contributed by atoms with Crippen molar-refractivity contribution in [1.82, 2.24) is 4.90 Å². The van der Waals surface area contributed by atoms with Crippen molar-refractivity contribution < 1.29 is 4.79 Å². The lowest BCUT2D eigenvalue weighted by molar-refractivity contribution is -0.129. The lowest BCUT2D eigenvalue weighted by Crippen LogP contribution is -2.37. The zero-order valence-corrected chi connectivity index (χ0v) is 8.91. The number of amides is 1. The van der Waals surface area contributed by atoms with E-state index in [9.17, 15) is 4.79 Å². The van der Waals surface area contributed by atoms with Crippen LogP contribution in [0.3, 0.4) is 0 Å². The molecule has 0 aromatic heterocycles. The molecular weight excluding hydrogens is 178 g/mol. The highest BCUT2D eigenvalue weighted by Crippen LogP contribution is 2.21. The van der Waals surface area contributed by atoms with Crippen molar-refractivity contribution in [2.24, 2.45) is 17.4 Å². The van der Waals surface area contributed by atoms with Gasteiger partial charge in [-0.2, -0.15) is 0 Å². The monoisotopic (exact) mass is 199 g/mol. The highest BCUT2D eigenvalue weighted by atomic mass is 16.2. The van der Waals surface area contributed by atoms with Crippen LogP contribution in [0.15, 0.2) is 0 Å². The number of nitrogens with two attached hydrogens (primary N) is 2. The molecule has 1 amide bonds. The van der Waals surface area contributed by atoms with Gasteiger partial charge in [0.25, 0.3) is 0 Å². The molecule has 14 heavy (non-hydrogen) atoms. The van der Waals surface area contributed by atoms with E-state index < -0.39 is 0 Å². The summed E-state index contributed by atoms with van der Waals surface area (Å²) in [4.78, 5) is 13.6. The van der Waals surface area contributed by atoms with E-state index in [4.69, 9.17) is 11.5 Å². The van der Waals surface area contributed by atoms with Crippen LogP contribution < -0.4 is 11.5 Å². The largest absolute Gasteiger partial charge is 0.339 e. The second-order valence-corrected chi connectivity index (χ2v) is 3.99. The molecule has 0 aliphatic carbocycles. The lowest BCUT2D eigenvalue weighted by Gasteiger charge is -2.26. The fraction of sp³-hybridized carbons (Fsp3) is 0.900. The molecule has 2 unspecified atom stereocenters. The standard InChI is InChI=1S/C10H21N3O/c1-2-9(3-4-11)13-7-8(6-12)5-10(13)14/h8-9H,2-7,11-12H2,1H3. The van der Waals surface area contributed by atoms with Gasteiger partial charge in [-0.15, -0.1) is 0 Å². The average molecular weight is 199 g/mol. The van der Waals surface area contributed by atoms with Crippen LogP contribution in [0.2, 0.25) is 0 Å². The van der Waals surface area contributed by atoms with Gasteiger partial charge >= 0.3 is 0 Å². The Hall–Kier alpha value is -0.610. The Morgan fingerprint density at radius 2 is 2.29 bits per heavy atom. The van der Waals surface area contributed by atoms with E-state index in [0.29, 0.717) is 31.5 Å². The summed E-state index contributed by atoms with van der Waals surface area (Å²) in [5.41, 5.74) is 11.1. The van der Waals surface area contributed by atoms with Gasteiger partial charge in [0.2, 0.25) is 5.91 Å². The first-order chi connectivity index (χ1) is 6.72. The fourth-order valence-electron chi connectivity index (χ4n) is 2.09. The maximum Gasteiger partial charge on any atom is 0.223 e. The molecule has 82 valence electrons. The van der Waals surface area contributed by atoms with Gasteiger partial charge in [0.05, 0.1) is 0 Å². The molecule has 0 bridgehead atoms. The third-order valence-electron chi connectivity index (χ3n) is 2.98. The molecule has 1 aliphatic heterocycles. The topological polar surface area (TPSA) is 72.3 Å². The first-order valence-corrected chi connectivity index (χ1v) is 5.42.